The number of amides is 1. The fourth-order valence-electron chi connectivity index (χ4n) is 2.86. The predicted octanol–water partition coefficient (Wildman–Crippen LogP) is 1.22. The fourth-order valence-corrected chi connectivity index (χ4v) is 4.16. The Labute approximate surface area is 142 Å². The van der Waals surface area contributed by atoms with Gasteiger partial charge in [-0.2, -0.15) is 0 Å². The quantitative estimate of drug-likeness (QED) is 0.801. The summed E-state index contributed by atoms with van der Waals surface area (Å²) in [5.74, 6) is -0.754. The van der Waals surface area contributed by atoms with Crippen LogP contribution in [0.2, 0.25) is 0 Å². The molecule has 0 saturated carbocycles. The molecule has 0 spiro atoms. The Morgan fingerprint density at radius 2 is 2.25 bits per heavy atom. The van der Waals surface area contributed by atoms with Gasteiger partial charge in [0.05, 0.1) is 10.9 Å². The highest BCUT2D eigenvalue weighted by molar-refractivity contribution is 7.89. The number of nitrogens with two attached hydrogens (primary N) is 1. The van der Waals surface area contributed by atoms with Gasteiger partial charge >= 0.3 is 0 Å². The first-order chi connectivity index (χ1) is 11.3. The van der Waals surface area contributed by atoms with Gasteiger partial charge in [0.1, 0.15) is 5.82 Å². The molecule has 0 bridgehead atoms. The van der Waals surface area contributed by atoms with E-state index in [0.717, 1.165) is 12.5 Å². The monoisotopic (exact) mass is 357 g/mol. The molecule has 2 rings (SSSR count). The number of sulfonamides is 1. The molecule has 3 N–H and O–H groups in total. The van der Waals surface area contributed by atoms with E-state index in [1.54, 1.807) is 4.90 Å². The Morgan fingerprint density at radius 3 is 2.92 bits per heavy atom. The molecule has 1 aliphatic rings. The summed E-state index contributed by atoms with van der Waals surface area (Å²) in [6, 6.07) is 3.91. The third-order valence-electron chi connectivity index (χ3n) is 4.08. The highest BCUT2D eigenvalue weighted by atomic mass is 32.2. The van der Waals surface area contributed by atoms with Crippen LogP contribution in [0.1, 0.15) is 32.6 Å². The molecule has 0 aromatic heterocycles. The summed E-state index contributed by atoms with van der Waals surface area (Å²) in [5.41, 5.74) is 5.87. The molecule has 1 saturated heterocycles. The number of nitrogens with zero attached hydrogens (tertiary/aromatic N) is 1. The third kappa shape index (κ3) is 4.75. The molecule has 0 radical (unpaired) electrons. The summed E-state index contributed by atoms with van der Waals surface area (Å²) in [4.78, 5) is 13.8. The van der Waals surface area contributed by atoms with Gasteiger partial charge in [-0.1, -0.05) is 19.4 Å². The molecule has 1 heterocycles. The Balaban J connectivity index is 2.03. The second-order valence-corrected chi connectivity index (χ2v) is 7.81. The van der Waals surface area contributed by atoms with Crippen molar-refractivity contribution in [3.63, 3.8) is 0 Å². The molecule has 1 fully saturated rings. The minimum atomic E-state index is -3.82. The summed E-state index contributed by atoms with van der Waals surface area (Å²) in [6.07, 6.45) is 2.74. The van der Waals surface area contributed by atoms with Crippen LogP contribution in [0.5, 0.6) is 0 Å². The van der Waals surface area contributed by atoms with Crippen LogP contribution in [0.25, 0.3) is 0 Å². The highest BCUT2D eigenvalue weighted by Crippen LogP contribution is 2.16. The van der Waals surface area contributed by atoms with Gasteiger partial charge in [-0.05, 0) is 37.5 Å². The Kier molecular flexibility index (Phi) is 6.31. The minimum absolute atomic E-state index is 0.117. The standard InChI is InChI=1S/C16H24FN3O3S/c1-2-5-15(18)16(21)20-9-4-7-13(11-20)19-24(22,23)14-8-3-6-12(17)10-14/h3,6,8,10,13,15,19H,2,4-5,7,9,11,18H2,1H3. The average molecular weight is 357 g/mol. The highest BCUT2D eigenvalue weighted by Gasteiger charge is 2.29. The van der Waals surface area contributed by atoms with E-state index in [9.17, 15) is 17.6 Å². The van der Waals surface area contributed by atoms with Crippen LogP contribution < -0.4 is 10.5 Å². The zero-order chi connectivity index (χ0) is 17.7. The van der Waals surface area contributed by atoms with Crippen molar-refractivity contribution in [2.75, 3.05) is 13.1 Å². The molecule has 24 heavy (non-hydrogen) atoms. The molecule has 2 unspecified atom stereocenters. The van der Waals surface area contributed by atoms with E-state index < -0.39 is 27.9 Å². The average Bonchev–Trinajstić information content (AvgIpc) is 2.54. The molecule has 8 heteroatoms. The van der Waals surface area contributed by atoms with Crippen molar-refractivity contribution >= 4 is 15.9 Å². The lowest BCUT2D eigenvalue weighted by molar-refractivity contribution is -0.134. The molecule has 6 nitrogen and oxygen atoms in total. The van der Waals surface area contributed by atoms with Crippen LogP contribution in [-0.2, 0) is 14.8 Å². The first kappa shape index (κ1) is 18.8. The van der Waals surface area contributed by atoms with Crippen molar-refractivity contribution < 1.29 is 17.6 Å². The van der Waals surface area contributed by atoms with Crippen LogP contribution >= 0.6 is 0 Å². The van der Waals surface area contributed by atoms with Crippen molar-refractivity contribution in [1.29, 1.82) is 0 Å². The van der Waals surface area contributed by atoms with Gasteiger partial charge in [0.15, 0.2) is 0 Å². The summed E-state index contributed by atoms with van der Waals surface area (Å²) in [6.45, 7) is 2.82. The van der Waals surface area contributed by atoms with Crippen LogP contribution in [0.15, 0.2) is 29.2 Å². The van der Waals surface area contributed by atoms with Gasteiger partial charge in [0.2, 0.25) is 15.9 Å². The summed E-state index contributed by atoms with van der Waals surface area (Å²) < 4.78 is 40.5. The van der Waals surface area contributed by atoms with Crippen LogP contribution in [-0.4, -0.2) is 44.4 Å². The maximum absolute atomic E-state index is 13.2. The Morgan fingerprint density at radius 1 is 1.50 bits per heavy atom. The van der Waals surface area contributed by atoms with E-state index in [-0.39, 0.29) is 17.3 Å². The fraction of sp³-hybridized carbons (Fsp3) is 0.562. The molecular weight excluding hydrogens is 333 g/mol. The Bertz CT molecular complexity index is 681. The molecule has 2 atom stereocenters. The smallest absolute Gasteiger partial charge is 0.240 e. The normalized spacial score (nSPS) is 20.0. The van der Waals surface area contributed by atoms with E-state index >= 15 is 0 Å². The van der Waals surface area contributed by atoms with E-state index in [1.807, 2.05) is 6.92 Å². The number of rotatable bonds is 6. The summed E-state index contributed by atoms with van der Waals surface area (Å²) >= 11 is 0. The minimum Gasteiger partial charge on any atom is -0.340 e. The number of likely N-dealkylation sites (tertiary alicyclic amines) is 1. The number of carbonyl (C=O) groups excluding carboxylic acids is 1. The van der Waals surface area contributed by atoms with E-state index in [4.69, 9.17) is 5.73 Å². The number of hydrogen-bond donors (Lipinski definition) is 2. The van der Waals surface area contributed by atoms with Gasteiger partial charge < -0.3 is 10.6 Å². The third-order valence-corrected chi connectivity index (χ3v) is 5.60. The van der Waals surface area contributed by atoms with Gasteiger partial charge in [-0.15, -0.1) is 0 Å². The summed E-state index contributed by atoms with van der Waals surface area (Å²) in [5, 5.41) is 0. The zero-order valence-electron chi connectivity index (χ0n) is 13.7. The van der Waals surface area contributed by atoms with Gasteiger partial charge in [-0.3, -0.25) is 4.79 Å². The largest absolute Gasteiger partial charge is 0.340 e. The first-order valence-corrected chi connectivity index (χ1v) is 9.64. The van der Waals surface area contributed by atoms with Crippen LogP contribution in [0, 0.1) is 5.82 Å². The lowest BCUT2D eigenvalue weighted by atomic mass is 10.0. The van der Waals surface area contributed by atoms with Crippen molar-refractivity contribution in [2.45, 2.75) is 49.6 Å². The lowest BCUT2D eigenvalue weighted by Crippen LogP contribution is -2.53. The number of piperidine rings is 1. The van der Waals surface area contributed by atoms with Gasteiger partial charge in [0, 0.05) is 19.1 Å². The number of benzene rings is 1. The number of hydrogen-bond acceptors (Lipinski definition) is 4. The molecule has 0 aliphatic carbocycles. The van der Waals surface area contributed by atoms with E-state index in [2.05, 4.69) is 4.72 Å². The van der Waals surface area contributed by atoms with Gasteiger partial charge in [-0.25, -0.2) is 17.5 Å². The zero-order valence-corrected chi connectivity index (χ0v) is 14.6. The van der Waals surface area contributed by atoms with E-state index in [1.165, 1.54) is 18.2 Å². The molecule has 1 amide bonds. The maximum atomic E-state index is 13.2. The van der Waals surface area contributed by atoms with E-state index in [0.29, 0.717) is 25.8 Å². The number of halogens is 1. The second-order valence-electron chi connectivity index (χ2n) is 6.10. The van der Waals surface area contributed by atoms with Crippen LogP contribution in [0.3, 0.4) is 0 Å². The SMILES string of the molecule is CCCC(N)C(=O)N1CCCC(NS(=O)(=O)c2cccc(F)c2)C1. The molecule has 1 aromatic rings. The van der Waals surface area contributed by atoms with Crippen molar-refractivity contribution in [3.8, 4) is 0 Å². The molecule has 1 aromatic carbocycles. The Hall–Kier alpha value is -1.51. The predicted molar refractivity (Wildman–Crippen MR) is 89.2 cm³/mol. The second kappa shape index (κ2) is 8.04. The lowest BCUT2D eigenvalue weighted by Gasteiger charge is -2.34. The number of nitrogens with one attached hydrogen (secondary N) is 1. The van der Waals surface area contributed by atoms with Crippen molar-refractivity contribution in [1.82, 2.24) is 9.62 Å². The maximum Gasteiger partial charge on any atom is 0.240 e. The first-order valence-electron chi connectivity index (χ1n) is 8.15. The molecule has 1 aliphatic heterocycles. The van der Waals surface area contributed by atoms with Crippen LogP contribution in [0.4, 0.5) is 4.39 Å². The summed E-state index contributed by atoms with van der Waals surface area (Å²) in [7, 11) is -3.82. The number of carbonyl (C=O) groups is 1. The molecule has 134 valence electrons. The van der Waals surface area contributed by atoms with Crippen molar-refractivity contribution in [3.05, 3.63) is 30.1 Å². The van der Waals surface area contributed by atoms with Gasteiger partial charge in [0.25, 0.3) is 0 Å². The topological polar surface area (TPSA) is 92.5 Å². The molecular formula is C16H24FN3O3S. The van der Waals surface area contributed by atoms with Crippen molar-refractivity contribution in [2.24, 2.45) is 5.73 Å².